The first-order valence-electron chi connectivity index (χ1n) is 11.5. The SMILES string of the molecule is CCOc1cc(C(CS(C)(=O)=O)n2c(=O)n(CC)c3cc(-c4ccccc4F)cnc32)ccc1OC. The van der Waals surface area contributed by atoms with Crippen LogP contribution in [-0.2, 0) is 16.4 Å². The van der Waals surface area contributed by atoms with Crippen LogP contribution in [0, 0.1) is 5.82 Å². The first-order chi connectivity index (χ1) is 17.2. The zero-order valence-electron chi connectivity index (χ0n) is 20.6. The van der Waals surface area contributed by atoms with E-state index in [2.05, 4.69) is 4.98 Å². The summed E-state index contributed by atoms with van der Waals surface area (Å²) in [5.41, 5.74) is 1.82. The number of rotatable bonds is 9. The van der Waals surface area contributed by atoms with Crippen LogP contribution in [0.25, 0.3) is 22.3 Å². The van der Waals surface area contributed by atoms with Gasteiger partial charge < -0.3 is 9.47 Å². The minimum Gasteiger partial charge on any atom is -0.493 e. The Morgan fingerprint density at radius 1 is 1.08 bits per heavy atom. The van der Waals surface area contributed by atoms with Crippen molar-refractivity contribution >= 4 is 21.0 Å². The van der Waals surface area contributed by atoms with E-state index < -0.39 is 27.4 Å². The molecule has 0 N–H and O–H groups in total. The number of sulfone groups is 1. The monoisotopic (exact) mass is 513 g/mol. The third-order valence-corrected chi connectivity index (χ3v) is 6.87. The van der Waals surface area contributed by atoms with Crippen LogP contribution in [0.4, 0.5) is 4.39 Å². The molecule has 2 aromatic heterocycles. The Morgan fingerprint density at radius 2 is 1.83 bits per heavy atom. The van der Waals surface area contributed by atoms with Gasteiger partial charge in [0.2, 0.25) is 0 Å². The summed E-state index contributed by atoms with van der Waals surface area (Å²) >= 11 is 0. The largest absolute Gasteiger partial charge is 0.493 e. The van der Waals surface area contributed by atoms with Crippen molar-refractivity contribution in [3.8, 4) is 22.6 Å². The van der Waals surface area contributed by atoms with Crippen molar-refractivity contribution in [3.63, 3.8) is 0 Å². The van der Waals surface area contributed by atoms with E-state index in [9.17, 15) is 17.6 Å². The number of nitrogens with zero attached hydrogens (tertiary/aromatic N) is 3. The number of benzene rings is 2. The van der Waals surface area contributed by atoms with Crippen molar-refractivity contribution in [2.75, 3.05) is 25.7 Å². The molecule has 2 aromatic carbocycles. The highest BCUT2D eigenvalue weighted by Crippen LogP contribution is 2.33. The molecular formula is C26H28FN3O5S. The van der Waals surface area contributed by atoms with E-state index in [0.717, 1.165) is 6.26 Å². The van der Waals surface area contributed by atoms with Crippen LogP contribution in [0.1, 0.15) is 25.5 Å². The lowest BCUT2D eigenvalue weighted by Gasteiger charge is -2.20. The zero-order valence-corrected chi connectivity index (χ0v) is 21.4. The van der Waals surface area contributed by atoms with Crippen molar-refractivity contribution in [3.05, 3.63) is 76.6 Å². The average Bonchev–Trinajstić information content (AvgIpc) is 3.12. The highest BCUT2D eigenvalue weighted by atomic mass is 32.2. The van der Waals surface area contributed by atoms with Gasteiger partial charge in [-0.25, -0.2) is 22.6 Å². The van der Waals surface area contributed by atoms with E-state index in [1.54, 1.807) is 42.5 Å². The van der Waals surface area contributed by atoms with E-state index in [4.69, 9.17) is 9.47 Å². The third-order valence-electron chi connectivity index (χ3n) is 5.95. The Balaban J connectivity index is 1.97. The molecule has 2 heterocycles. The smallest absolute Gasteiger partial charge is 0.330 e. The molecule has 1 atom stereocenters. The molecule has 0 aliphatic carbocycles. The number of methoxy groups -OCH3 is 1. The number of aromatic nitrogens is 3. The van der Waals surface area contributed by atoms with E-state index in [0.29, 0.717) is 52.5 Å². The van der Waals surface area contributed by atoms with Crippen LogP contribution in [-0.4, -0.2) is 48.3 Å². The third kappa shape index (κ3) is 4.86. The number of pyridine rings is 1. The van der Waals surface area contributed by atoms with Crippen LogP contribution in [0.5, 0.6) is 11.5 Å². The summed E-state index contributed by atoms with van der Waals surface area (Å²) in [7, 11) is -2.00. The molecule has 0 fully saturated rings. The molecule has 10 heteroatoms. The summed E-state index contributed by atoms with van der Waals surface area (Å²) in [6.07, 6.45) is 2.62. The van der Waals surface area contributed by atoms with E-state index in [-0.39, 0.29) is 5.75 Å². The molecule has 36 heavy (non-hydrogen) atoms. The Kier molecular flexibility index (Phi) is 7.16. The first kappa shape index (κ1) is 25.4. The van der Waals surface area contributed by atoms with Gasteiger partial charge in [-0.2, -0.15) is 0 Å². The maximum atomic E-state index is 14.4. The summed E-state index contributed by atoms with van der Waals surface area (Å²) in [6, 6.07) is 12.2. The quantitative estimate of drug-likeness (QED) is 0.335. The second kappa shape index (κ2) is 10.1. The molecule has 0 aliphatic heterocycles. The van der Waals surface area contributed by atoms with Crippen molar-refractivity contribution in [1.29, 1.82) is 0 Å². The number of aryl methyl sites for hydroxylation is 1. The molecule has 0 saturated carbocycles. The van der Waals surface area contributed by atoms with Gasteiger partial charge >= 0.3 is 5.69 Å². The molecule has 0 amide bonds. The molecule has 0 saturated heterocycles. The molecular weight excluding hydrogens is 485 g/mol. The molecule has 0 aliphatic rings. The lowest BCUT2D eigenvalue weighted by molar-refractivity contribution is 0.310. The van der Waals surface area contributed by atoms with Crippen molar-refractivity contribution < 1.29 is 22.3 Å². The second-order valence-electron chi connectivity index (χ2n) is 8.39. The number of halogens is 1. The van der Waals surface area contributed by atoms with E-state index in [1.807, 2.05) is 13.8 Å². The van der Waals surface area contributed by atoms with Gasteiger partial charge in [0, 0.05) is 30.1 Å². The predicted molar refractivity (Wildman–Crippen MR) is 137 cm³/mol. The first-order valence-corrected chi connectivity index (χ1v) is 13.6. The Labute approximate surface area is 208 Å². The highest BCUT2D eigenvalue weighted by molar-refractivity contribution is 7.90. The van der Waals surface area contributed by atoms with E-state index >= 15 is 0 Å². The van der Waals surface area contributed by atoms with Crippen LogP contribution in [0.3, 0.4) is 0 Å². The Hall–Kier alpha value is -3.66. The minimum absolute atomic E-state index is 0.310. The minimum atomic E-state index is -3.52. The fourth-order valence-corrected chi connectivity index (χ4v) is 5.27. The lowest BCUT2D eigenvalue weighted by Crippen LogP contribution is -2.31. The predicted octanol–water partition coefficient (Wildman–Crippen LogP) is 4.07. The van der Waals surface area contributed by atoms with Crippen LogP contribution in [0.15, 0.2) is 59.5 Å². The van der Waals surface area contributed by atoms with E-state index in [1.165, 1.54) is 28.5 Å². The maximum Gasteiger partial charge on any atom is 0.330 e. The Morgan fingerprint density at radius 3 is 2.47 bits per heavy atom. The molecule has 0 bridgehead atoms. The van der Waals surface area contributed by atoms with Crippen LogP contribution in [0.2, 0.25) is 0 Å². The van der Waals surface area contributed by atoms with Crippen molar-refractivity contribution in [1.82, 2.24) is 14.1 Å². The fraction of sp³-hybridized carbons (Fsp3) is 0.308. The highest BCUT2D eigenvalue weighted by Gasteiger charge is 2.27. The maximum absolute atomic E-state index is 14.4. The summed E-state index contributed by atoms with van der Waals surface area (Å²) in [4.78, 5) is 18.2. The van der Waals surface area contributed by atoms with Gasteiger partial charge in [-0.1, -0.05) is 24.3 Å². The molecule has 0 radical (unpaired) electrons. The summed E-state index contributed by atoms with van der Waals surface area (Å²) in [6.45, 7) is 4.35. The number of fused-ring (bicyclic) bond motifs is 1. The topological polar surface area (TPSA) is 92.4 Å². The van der Waals surface area contributed by atoms with Gasteiger partial charge in [0.15, 0.2) is 17.1 Å². The average molecular weight is 514 g/mol. The molecule has 8 nitrogen and oxygen atoms in total. The van der Waals surface area contributed by atoms with Gasteiger partial charge in [0.1, 0.15) is 15.7 Å². The molecule has 1 unspecified atom stereocenters. The molecule has 190 valence electrons. The normalized spacial score (nSPS) is 12.6. The van der Waals surface area contributed by atoms with Crippen LogP contribution >= 0.6 is 0 Å². The summed E-state index contributed by atoms with van der Waals surface area (Å²) in [5, 5.41) is 0. The van der Waals surface area contributed by atoms with Gasteiger partial charge in [0.25, 0.3) is 0 Å². The Bertz CT molecular complexity index is 1580. The summed E-state index contributed by atoms with van der Waals surface area (Å²) < 4.78 is 53.4. The molecule has 0 spiro atoms. The lowest BCUT2D eigenvalue weighted by atomic mass is 10.1. The van der Waals surface area contributed by atoms with Gasteiger partial charge in [0.05, 0.1) is 31.0 Å². The molecule has 4 aromatic rings. The number of hydrogen-bond donors (Lipinski definition) is 0. The standard InChI is InChI=1S/C26H28FN3O5S/c1-5-29-21-13-18(19-9-7-8-10-20(19)27)15-28-25(21)30(26(29)31)22(16-36(4,32)33)17-11-12-23(34-3)24(14-17)35-6-2/h7-15,22H,5-6,16H2,1-4H3. The number of hydrogen-bond acceptors (Lipinski definition) is 6. The van der Waals surface area contributed by atoms with Gasteiger partial charge in [-0.05, 0) is 43.7 Å². The number of ether oxygens (including phenoxy) is 2. The van der Waals surface area contributed by atoms with Gasteiger partial charge in [-0.15, -0.1) is 0 Å². The van der Waals surface area contributed by atoms with Gasteiger partial charge in [-0.3, -0.25) is 9.13 Å². The van der Waals surface area contributed by atoms with Crippen LogP contribution < -0.4 is 15.2 Å². The zero-order chi connectivity index (χ0) is 26.0. The molecule has 4 rings (SSSR count). The summed E-state index contributed by atoms with van der Waals surface area (Å²) in [5.74, 6) is 0.206. The fourth-order valence-electron chi connectivity index (χ4n) is 4.36. The number of imidazole rings is 1. The second-order valence-corrected chi connectivity index (χ2v) is 10.6. The van der Waals surface area contributed by atoms with Crippen molar-refractivity contribution in [2.24, 2.45) is 0 Å². The van der Waals surface area contributed by atoms with Crippen molar-refractivity contribution in [2.45, 2.75) is 26.4 Å².